The van der Waals surface area contributed by atoms with Crippen LogP contribution in [0.1, 0.15) is 43.7 Å². The lowest BCUT2D eigenvalue weighted by Gasteiger charge is -2.37. The number of aromatic hydroxyl groups is 1. The number of aryl methyl sites for hydroxylation is 1. The fourth-order valence-corrected chi connectivity index (χ4v) is 5.32. The van der Waals surface area contributed by atoms with Crippen molar-refractivity contribution in [3.8, 4) is 5.75 Å². The van der Waals surface area contributed by atoms with Crippen molar-refractivity contribution in [2.45, 2.75) is 51.5 Å². The van der Waals surface area contributed by atoms with Gasteiger partial charge in [-0.15, -0.1) is 0 Å². The lowest BCUT2D eigenvalue weighted by atomic mass is 9.87. The summed E-state index contributed by atoms with van der Waals surface area (Å²) in [7, 11) is 0. The minimum atomic E-state index is 0.411. The number of nitrogens with zero attached hydrogens (tertiary/aromatic N) is 3. The second kappa shape index (κ2) is 11.0. The van der Waals surface area contributed by atoms with Crippen molar-refractivity contribution in [1.29, 1.82) is 0 Å². The first-order valence-electron chi connectivity index (χ1n) is 12.3. The summed E-state index contributed by atoms with van der Waals surface area (Å²) in [4.78, 5) is 7.88. The number of fused-ring (bicyclic) bond motifs is 1. The van der Waals surface area contributed by atoms with E-state index in [0.717, 1.165) is 25.9 Å². The number of hydrogen-bond acceptors (Lipinski definition) is 4. The molecule has 4 rings (SSSR count). The first-order chi connectivity index (χ1) is 15.2. The van der Waals surface area contributed by atoms with Crippen LogP contribution in [0.25, 0.3) is 0 Å². The van der Waals surface area contributed by atoms with E-state index in [1.165, 1.54) is 75.2 Å². The van der Waals surface area contributed by atoms with Gasteiger partial charge in [-0.25, -0.2) is 0 Å². The average Bonchev–Trinajstić information content (AvgIpc) is 2.81. The fraction of sp³-hybridized carbons (Fsp3) is 0.556. The smallest absolute Gasteiger partial charge is 0.115 e. The number of rotatable bonds is 9. The summed E-state index contributed by atoms with van der Waals surface area (Å²) >= 11 is 0. The van der Waals surface area contributed by atoms with Crippen molar-refractivity contribution in [2.24, 2.45) is 0 Å². The van der Waals surface area contributed by atoms with Crippen LogP contribution < -0.4 is 4.90 Å². The second-order valence-corrected chi connectivity index (χ2v) is 9.26. The van der Waals surface area contributed by atoms with Crippen LogP contribution >= 0.6 is 0 Å². The molecule has 0 radical (unpaired) electrons. The molecule has 31 heavy (non-hydrogen) atoms. The molecule has 2 aliphatic rings. The first-order valence-corrected chi connectivity index (χ1v) is 12.3. The average molecular weight is 422 g/mol. The summed E-state index contributed by atoms with van der Waals surface area (Å²) in [6.07, 6.45) is 7.26. The number of unbranched alkanes of at least 4 members (excludes halogenated alkanes) is 1. The zero-order valence-corrected chi connectivity index (χ0v) is 19.2. The van der Waals surface area contributed by atoms with E-state index in [4.69, 9.17) is 0 Å². The van der Waals surface area contributed by atoms with Crippen molar-refractivity contribution in [2.75, 3.05) is 50.7 Å². The molecule has 1 N–H and O–H groups in total. The third-order valence-corrected chi connectivity index (χ3v) is 7.08. The number of phenols is 1. The number of hydrogen-bond donors (Lipinski definition) is 1. The van der Waals surface area contributed by atoms with Crippen molar-refractivity contribution >= 4 is 5.69 Å². The Morgan fingerprint density at radius 1 is 0.935 bits per heavy atom. The van der Waals surface area contributed by atoms with E-state index in [-0.39, 0.29) is 0 Å². The maximum Gasteiger partial charge on any atom is 0.115 e. The number of benzene rings is 2. The Kier molecular flexibility index (Phi) is 7.87. The highest BCUT2D eigenvalue weighted by Crippen LogP contribution is 2.28. The minimum Gasteiger partial charge on any atom is -0.508 e. The highest BCUT2D eigenvalue weighted by molar-refractivity contribution is 5.46. The molecule has 1 atom stereocenters. The maximum atomic E-state index is 9.87. The molecule has 2 aromatic carbocycles. The van der Waals surface area contributed by atoms with Crippen LogP contribution in [-0.4, -0.2) is 66.8 Å². The van der Waals surface area contributed by atoms with Crippen molar-refractivity contribution < 1.29 is 5.11 Å². The minimum absolute atomic E-state index is 0.411. The molecule has 0 unspecified atom stereocenters. The monoisotopic (exact) mass is 421 g/mol. The Bertz CT molecular complexity index is 801. The summed E-state index contributed by atoms with van der Waals surface area (Å²) < 4.78 is 0. The second-order valence-electron chi connectivity index (χ2n) is 9.26. The molecule has 1 heterocycles. The highest BCUT2D eigenvalue weighted by atomic mass is 16.3. The van der Waals surface area contributed by atoms with Gasteiger partial charge in [0.05, 0.1) is 0 Å². The standard InChI is InChI=1S/C27H39N3O/c1-2-14-29(26-12-10-23-11-13-27(31)22-24(23)21-26)16-7-6-15-28-17-19-30(20-18-28)25-8-4-3-5-9-25/h3-5,8-9,11,13,22,26,31H,2,6-7,10,12,14-21H2,1H3/t26-/m1/s1. The van der Waals surface area contributed by atoms with E-state index in [0.29, 0.717) is 11.8 Å². The summed E-state index contributed by atoms with van der Waals surface area (Å²) in [5.41, 5.74) is 4.15. The van der Waals surface area contributed by atoms with Gasteiger partial charge in [-0.1, -0.05) is 31.2 Å². The summed E-state index contributed by atoms with van der Waals surface area (Å²) in [6.45, 7) is 10.5. The molecule has 168 valence electrons. The predicted octanol–water partition coefficient (Wildman–Crippen LogP) is 4.56. The highest BCUT2D eigenvalue weighted by Gasteiger charge is 2.24. The van der Waals surface area contributed by atoms with Gasteiger partial charge in [-0.2, -0.15) is 0 Å². The number of phenolic OH excluding ortho intramolecular Hbond substituents is 1. The normalized spacial score (nSPS) is 19.5. The SMILES string of the molecule is CCCN(CCCCN1CCN(c2ccccc2)CC1)[C@@H]1CCc2ccc(O)cc2C1. The van der Waals surface area contributed by atoms with Gasteiger partial charge < -0.3 is 14.9 Å². The van der Waals surface area contributed by atoms with Crippen LogP contribution in [-0.2, 0) is 12.8 Å². The van der Waals surface area contributed by atoms with E-state index in [1.54, 1.807) is 0 Å². The van der Waals surface area contributed by atoms with E-state index in [1.807, 2.05) is 12.1 Å². The molecule has 0 aromatic heterocycles. The van der Waals surface area contributed by atoms with Crippen LogP contribution in [0.4, 0.5) is 5.69 Å². The number of para-hydroxylation sites is 1. The van der Waals surface area contributed by atoms with Gasteiger partial charge in [-0.05, 0) is 93.6 Å². The molecule has 0 saturated carbocycles. The number of anilines is 1. The van der Waals surface area contributed by atoms with Crippen molar-refractivity contribution in [1.82, 2.24) is 9.80 Å². The maximum absolute atomic E-state index is 9.87. The van der Waals surface area contributed by atoms with Crippen molar-refractivity contribution in [3.05, 3.63) is 59.7 Å². The Hall–Kier alpha value is -2.04. The molecule has 1 aliphatic heterocycles. The van der Waals surface area contributed by atoms with Gasteiger partial charge in [0.15, 0.2) is 0 Å². The number of piperazine rings is 1. The first kappa shape index (κ1) is 22.2. The van der Waals surface area contributed by atoms with Gasteiger partial charge in [-0.3, -0.25) is 4.90 Å². The Morgan fingerprint density at radius 2 is 1.74 bits per heavy atom. The Labute approximate surface area is 188 Å². The van der Waals surface area contributed by atoms with Crippen molar-refractivity contribution in [3.63, 3.8) is 0 Å². The lowest BCUT2D eigenvalue weighted by Crippen LogP contribution is -2.46. The molecular weight excluding hydrogens is 382 g/mol. The molecule has 1 aliphatic carbocycles. The van der Waals surface area contributed by atoms with E-state index >= 15 is 0 Å². The Morgan fingerprint density at radius 3 is 2.52 bits per heavy atom. The van der Waals surface area contributed by atoms with Crippen LogP contribution in [0.15, 0.2) is 48.5 Å². The summed E-state index contributed by atoms with van der Waals surface area (Å²) in [5.74, 6) is 0.411. The molecule has 1 fully saturated rings. The van der Waals surface area contributed by atoms with Crippen LogP contribution in [0.5, 0.6) is 5.75 Å². The third kappa shape index (κ3) is 6.02. The van der Waals surface area contributed by atoms with Gasteiger partial charge >= 0.3 is 0 Å². The van der Waals surface area contributed by atoms with E-state index < -0.39 is 0 Å². The van der Waals surface area contributed by atoms with Crippen LogP contribution in [0.2, 0.25) is 0 Å². The van der Waals surface area contributed by atoms with Gasteiger partial charge in [0.1, 0.15) is 5.75 Å². The largest absolute Gasteiger partial charge is 0.508 e. The topological polar surface area (TPSA) is 30.0 Å². The molecule has 0 bridgehead atoms. The van der Waals surface area contributed by atoms with Gasteiger partial charge in [0.2, 0.25) is 0 Å². The summed E-state index contributed by atoms with van der Waals surface area (Å²) in [6, 6.07) is 17.4. The third-order valence-electron chi connectivity index (χ3n) is 7.08. The van der Waals surface area contributed by atoms with Gasteiger partial charge in [0, 0.05) is 37.9 Å². The molecular formula is C27H39N3O. The quantitative estimate of drug-likeness (QED) is 0.601. The van der Waals surface area contributed by atoms with Crippen LogP contribution in [0, 0.1) is 0 Å². The van der Waals surface area contributed by atoms with Gasteiger partial charge in [0.25, 0.3) is 0 Å². The molecule has 0 spiro atoms. The molecule has 1 saturated heterocycles. The molecule has 2 aromatic rings. The molecule has 4 nitrogen and oxygen atoms in total. The summed E-state index contributed by atoms with van der Waals surface area (Å²) in [5, 5.41) is 9.87. The lowest BCUT2D eigenvalue weighted by molar-refractivity contribution is 0.171. The fourth-order valence-electron chi connectivity index (χ4n) is 5.32. The zero-order valence-electron chi connectivity index (χ0n) is 19.2. The molecule has 0 amide bonds. The molecule has 4 heteroatoms. The Balaban J connectivity index is 1.19. The van der Waals surface area contributed by atoms with Crippen LogP contribution in [0.3, 0.4) is 0 Å². The zero-order chi connectivity index (χ0) is 21.5. The van der Waals surface area contributed by atoms with E-state index in [9.17, 15) is 5.11 Å². The van der Waals surface area contributed by atoms with E-state index in [2.05, 4.69) is 58.0 Å². The predicted molar refractivity (Wildman–Crippen MR) is 130 cm³/mol.